The van der Waals surface area contributed by atoms with Gasteiger partial charge in [0.1, 0.15) is 5.65 Å². The smallest absolute Gasteiger partial charge is 0.220 e. The SMILES string of the molecule is CC[C@@H](C)NC(=O)CCc1c(-c2ccc(Cl)cc2)nc2ccc(-c3ccccc3)cn12. The Bertz CT molecular complexity index is 1180. The van der Waals surface area contributed by atoms with Gasteiger partial charge in [-0.25, -0.2) is 4.98 Å². The first kappa shape index (κ1) is 21.1. The van der Waals surface area contributed by atoms with Crippen LogP contribution in [-0.2, 0) is 11.2 Å². The Morgan fingerprint density at radius 3 is 2.42 bits per heavy atom. The van der Waals surface area contributed by atoms with Crippen LogP contribution in [0.3, 0.4) is 0 Å². The molecule has 4 rings (SSSR count). The molecule has 0 saturated carbocycles. The monoisotopic (exact) mass is 431 g/mol. The molecule has 2 aromatic heterocycles. The molecule has 0 fully saturated rings. The van der Waals surface area contributed by atoms with E-state index in [1.807, 2.05) is 55.5 Å². The zero-order valence-electron chi connectivity index (χ0n) is 17.8. The number of carbonyl (C=O) groups excluding carboxylic acids is 1. The van der Waals surface area contributed by atoms with Gasteiger partial charge >= 0.3 is 0 Å². The van der Waals surface area contributed by atoms with Gasteiger partial charge in [-0.05, 0) is 55.2 Å². The van der Waals surface area contributed by atoms with Crippen LogP contribution in [0.25, 0.3) is 28.0 Å². The summed E-state index contributed by atoms with van der Waals surface area (Å²) in [6.45, 7) is 4.09. The van der Waals surface area contributed by atoms with Crippen LogP contribution >= 0.6 is 11.6 Å². The second-order valence-corrected chi connectivity index (χ2v) is 8.24. The summed E-state index contributed by atoms with van der Waals surface area (Å²) in [5.41, 5.74) is 6.02. The van der Waals surface area contributed by atoms with Gasteiger partial charge in [0, 0.05) is 29.2 Å². The van der Waals surface area contributed by atoms with Crippen LogP contribution in [0, 0.1) is 0 Å². The maximum absolute atomic E-state index is 12.5. The van der Waals surface area contributed by atoms with Crippen LogP contribution in [0.15, 0.2) is 72.9 Å². The van der Waals surface area contributed by atoms with E-state index in [0.29, 0.717) is 17.9 Å². The topological polar surface area (TPSA) is 46.4 Å². The zero-order valence-corrected chi connectivity index (χ0v) is 18.6. The van der Waals surface area contributed by atoms with Gasteiger partial charge in [-0.3, -0.25) is 4.79 Å². The molecule has 0 radical (unpaired) electrons. The van der Waals surface area contributed by atoms with Crippen molar-refractivity contribution in [1.82, 2.24) is 14.7 Å². The molecule has 0 unspecified atom stereocenters. The lowest BCUT2D eigenvalue weighted by Crippen LogP contribution is -2.32. The predicted octanol–water partition coefficient (Wildman–Crippen LogP) is 6.17. The molecule has 0 saturated heterocycles. The van der Waals surface area contributed by atoms with Crippen LogP contribution in [0.1, 0.15) is 32.4 Å². The highest BCUT2D eigenvalue weighted by Gasteiger charge is 2.17. The number of imidazole rings is 1. The van der Waals surface area contributed by atoms with Crippen molar-refractivity contribution >= 4 is 23.2 Å². The molecule has 1 amide bonds. The van der Waals surface area contributed by atoms with E-state index in [9.17, 15) is 4.79 Å². The first-order valence-electron chi connectivity index (χ1n) is 10.7. The van der Waals surface area contributed by atoms with Gasteiger partial charge < -0.3 is 9.72 Å². The fourth-order valence-corrected chi connectivity index (χ4v) is 3.78. The van der Waals surface area contributed by atoms with Crippen molar-refractivity contribution in [2.75, 3.05) is 0 Å². The van der Waals surface area contributed by atoms with Crippen molar-refractivity contribution in [3.05, 3.63) is 83.6 Å². The molecule has 0 spiro atoms. The number of benzene rings is 2. The molecule has 2 heterocycles. The molecular formula is C26H26ClN3O. The van der Waals surface area contributed by atoms with Crippen molar-refractivity contribution in [2.45, 2.75) is 39.2 Å². The Balaban J connectivity index is 1.75. The minimum absolute atomic E-state index is 0.0607. The lowest BCUT2D eigenvalue weighted by molar-refractivity contribution is -0.121. The molecule has 2 aromatic carbocycles. The normalized spacial score (nSPS) is 12.1. The molecule has 4 aromatic rings. The number of pyridine rings is 1. The van der Waals surface area contributed by atoms with Crippen molar-refractivity contribution in [3.63, 3.8) is 0 Å². The van der Waals surface area contributed by atoms with Gasteiger partial charge in [0.2, 0.25) is 5.91 Å². The van der Waals surface area contributed by atoms with Crippen LogP contribution in [-0.4, -0.2) is 21.3 Å². The van der Waals surface area contributed by atoms with E-state index in [1.165, 1.54) is 0 Å². The Hall–Kier alpha value is -3.11. The molecule has 5 heteroatoms. The fourth-order valence-electron chi connectivity index (χ4n) is 3.65. The maximum atomic E-state index is 12.5. The number of hydrogen-bond acceptors (Lipinski definition) is 2. The summed E-state index contributed by atoms with van der Waals surface area (Å²) in [4.78, 5) is 17.4. The van der Waals surface area contributed by atoms with E-state index in [4.69, 9.17) is 16.6 Å². The number of aryl methyl sites for hydroxylation is 1. The summed E-state index contributed by atoms with van der Waals surface area (Å²) < 4.78 is 2.11. The highest BCUT2D eigenvalue weighted by molar-refractivity contribution is 6.30. The minimum atomic E-state index is 0.0607. The summed E-state index contributed by atoms with van der Waals surface area (Å²) in [6.07, 6.45) is 4.03. The van der Waals surface area contributed by atoms with Crippen molar-refractivity contribution in [1.29, 1.82) is 0 Å². The lowest BCUT2D eigenvalue weighted by atomic mass is 10.1. The number of aromatic nitrogens is 2. The van der Waals surface area contributed by atoms with Gasteiger partial charge in [-0.15, -0.1) is 0 Å². The number of carbonyl (C=O) groups is 1. The van der Waals surface area contributed by atoms with Gasteiger partial charge in [0.05, 0.1) is 11.4 Å². The third-order valence-corrected chi connectivity index (χ3v) is 5.80. The zero-order chi connectivity index (χ0) is 21.8. The number of fused-ring (bicyclic) bond motifs is 1. The average molecular weight is 432 g/mol. The Morgan fingerprint density at radius 2 is 1.71 bits per heavy atom. The lowest BCUT2D eigenvalue weighted by Gasteiger charge is -2.12. The molecule has 1 N–H and O–H groups in total. The minimum Gasteiger partial charge on any atom is -0.354 e. The van der Waals surface area contributed by atoms with E-state index >= 15 is 0 Å². The van der Waals surface area contributed by atoms with Gasteiger partial charge in [0.25, 0.3) is 0 Å². The molecule has 1 atom stereocenters. The van der Waals surface area contributed by atoms with Crippen molar-refractivity contribution < 1.29 is 4.79 Å². The summed E-state index contributed by atoms with van der Waals surface area (Å²) in [6, 6.07) is 22.3. The van der Waals surface area contributed by atoms with Gasteiger partial charge in [0.15, 0.2) is 0 Å². The molecule has 0 bridgehead atoms. The second-order valence-electron chi connectivity index (χ2n) is 7.80. The summed E-state index contributed by atoms with van der Waals surface area (Å²) in [5, 5.41) is 3.75. The highest BCUT2D eigenvalue weighted by atomic mass is 35.5. The number of amides is 1. The fraction of sp³-hybridized carbons (Fsp3) is 0.231. The molecule has 158 valence electrons. The molecule has 0 aliphatic rings. The number of hydrogen-bond donors (Lipinski definition) is 1. The van der Waals surface area contributed by atoms with E-state index < -0.39 is 0 Å². The first-order valence-corrected chi connectivity index (χ1v) is 11.0. The third-order valence-electron chi connectivity index (χ3n) is 5.55. The molecule has 0 aliphatic heterocycles. The van der Waals surface area contributed by atoms with Crippen LogP contribution in [0.5, 0.6) is 0 Å². The quantitative estimate of drug-likeness (QED) is 0.380. The summed E-state index contributed by atoms with van der Waals surface area (Å²) in [5.74, 6) is 0.0607. The van der Waals surface area contributed by atoms with E-state index in [2.05, 4.69) is 41.0 Å². The maximum Gasteiger partial charge on any atom is 0.220 e. The van der Waals surface area contributed by atoms with Crippen molar-refractivity contribution in [3.8, 4) is 22.4 Å². The van der Waals surface area contributed by atoms with Crippen LogP contribution in [0.2, 0.25) is 5.02 Å². The largest absolute Gasteiger partial charge is 0.354 e. The first-order chi connectivity index (χ1) is 15.0. The van der Waals surface area contributed by atoms with Gasteiger partial charge in [-0.2, -0.15) is 0 Å². The van der Waals surface area contributed by atoms with E-state index in [1.54, 1.807) is 0 Å². The number of nitrogens with zero attached hydrogens (tertiary/aromatic N) is 2. The number of nitrogens with one attached hydrogen (secondary N) is 1. The number of rotatable bonds is 7. The standard InChI is InChI=1S/C26H26ClN3O/c1-3-18(2)28-25(31)16-14-23-26(20-9-12-22(27)13-10-20)29-24-15-11-21(17-30(23)24)19-7-5-4-6-8-19/h4-13,15,17-18H,3,14,16H2,1-2H3,(H,28,31)/t18-/m1/s1. The van der Waals surface area contributed by atoms with E-state index in [0.717, 1.165) is 40.1 Å². The van der Waals surface area contributed by atoms with Crippen molar-refractivity contribution in [2.24, 2.45) is 0 Å². The predicted molar refractivity (Wildman–Crippen MR) is 127 cm³/mol. The second kappa shape index (κ2) is 9.36. The highest BCUT2D eigenvalue weighted by Crippen LogP contribution is 2.29. The summed E-state index contributed by atoms with van der Waals surface area (Å²) in [7, 11) is 0. The average Bonchev–Trinajstić information content (AvgIpc) is 3.16. The Labute approximate surface area is 187 Å². The summed E-state index contributed by atoms with van der Waals surface area (Å²) >= 11 is 6.09. The molecular weight excluding hydrogens is 406 g/mol. The number of halogens is 1. The Kier molecular flexibility index (Phi) is 6.38. The van der Waals surface area contributed by atoms with Crippen LogP contribution < -0.4 is 5.32 Å². The van der Waals surface area contributed by atoms with E-state index in [-0.39, 0.29) is 11.9 Å². The molecule has 4 nitrogen and oxygen atoms in total. The molecule has 0 aliphatic carbocycles. The van der Waals surface area contributed by atoms with Gasteiger partial charge in [-0.1, -0.05) is 61.0 Å². The Morgan fingerprint density at radius 1 is 1.00 bits per heavy atom. The van der Waals surface area contributed by atoms with Crippen LogP contribution in [0.4, 0.5) is 0 Å². The third kappa shape index (κ3) is 4.80. The molecule has 31 heavy (non-hydrogen) atoms.